The van der Waals surface area contributed by atoms with Gasteiger partial charge in [0.1, 0.15) is 13.2 Å². The molecule has 0 saturated carbocycles. The van der Waals surface area contributed by atoms with Crippen molar-refractivity contribution in [2.75, 3.05) is 78.9 Å². The largest absolute Gasteiger partial charge is 0.464 e. The van der Waals surface area contributed by atoms with Crippen LogP contribution in [0, 0.1) is 5.92 Å². The van der Waals surface area contributed by atoms with Crippen LogP contribution >= 0.6 is 0 Å². The molecule has 0 heterocycles. The number of hydrogen-bond donors (Lipinski definition) is 4. The van der Waals surface area contributed by atoms with E-state index in [1.807, 2.05) is 6.08 Å². The van der Waals surface area contributed by atoms with Gasteiger partial charge in [0.15, 0.2) is 0 Å². The number of nitrogens with zero attached hydrogens (tertiary/aromatic N) is 2. The fourth-order valence-corrected chi connectivity index (χ4v) is 6.16. The molecule has 296 valence electrons. The van der Waals surface area contributed by atoms with Crippen molar-refractivity contribution >= 4 is 11.9 Å². The van der Waals surface area contributed by atoms with Gasteiger partial charge in [0.05, 0.1) is 38.8 Å². The van der Waals surface area contributed by atoms with Crippen LogP contribution in [-0.2, 0) is 19.1 Å². The number of hydrogen-bond acceptors (Lipinski definition) is 10. The van der Waals surface area contributed by atoms with Crippen LogP contribution in [0.3, 0.4) is 0 Å². The highest BCUT2D eigenvalue weighted by atomic mass is 16.5. The van der Waals surface area contributed by atoms with Crippen LogP contribution in [0.2, 0.25) is 0 Å². The van der Waals surface area contributed by atoms with E-state index in [9.17, 15) is 19.8 Å². The zero-order chi connectivity index (χ0) is 36.8. The van der Waals surface area contributed by atoms with Crippen molar-refractivity contribution in [3.63, 3.8) is 0 Å². The standard InChI is InChI=1S/C40H78N2O8/c1-2-3-4-5-6-7-8-9-10-11-12-13-14-15-16-17-18-19-20-21-22-23-24-38(40(48)50-36-30-42(27-33-45)28-34-46)37-39(47)49-35-29-41(25-31-43)26-32-44/h22-23,38,43-46H,2-21,24-37H2,1H3. The Morgan fingerprint density at radius 1 is 0.520 bits per heavy atom. The lowest BCUT2D eigenvalue weighted by molar-refractivity contribution is -0.155. The van der Waals surface area contributed by atoms with E-state index in [0.717, 1.165) is 12.8 Å². The summed E-state index contributed by atoms with van der Waals surface area (Å²) < 4.78 is 10.9. The molecular weight excluding hydrogens is 636 g/mol. The van der Waals surface area contributed by atoms with Gasteiger partial charge in [0, 0.05) is 39.3 Å². The van der Waals surface area contributed by atoms with Gasteiger partial charge in [-0.3, -0.25) is 19.4 Å². The van der Waals surface area contributed by atoms with E-state index < -0.39 is 17.9 Å². The smallest absolute Gasteiger partial charge is 0.309 e. The summed E-state index contributed by atoms with van der Waals surface area (Å²) in [6, 6.07) is 0. The second-order valence-corrected chi connectivity index (χ2v) is 13.7. The first-order valence-electron chi connectivity index (χ1n) is 20.4. The van der Waals surface area contributed by atoms with Crippen LogP contribution < -0.4 is 0 Å². The lowest BCUT2D eigenvalue weighted by Gasteiger charge is -2.21. The van der Waals surface area contributed by atoms with Crippen LogP contribution in [0.1, 0.15) is 148 Å². The third-order valence-corrected chi connectivity index (χ3v) is 9.30. The van der Waals surface area contributed by atoms with Gasteiger partial charge in [0.25, 0.3) is 0 Å². The minimum absolute atomic E-state index is 0.0538. The van der Waals surface area contributed by atoms with Gasteiger partial charge in [0.2, 0.25) is 0 Å². The van der Waals surface area contributed by atoms with Crippen LogP contribution in [0.4, 0.5) is 0 Å². The van der Waals surface area contributed by atoms with Crippen LogP contribution in [0.5, 0.6) is 0 Å². The Labute approximate surface area is 306 Å². The fourth-order valence-electron chi connectivity index (χ4n) is 6.16. The quantitative estimate of drug-likeness (QED) is 0.0321. The predicted octanol–water partition coefficient (Wildman–Crippen LogP) is 6.42. The zero-order valence-electron chi connectivity index (χ0n) is 32.1. The Morgan fingerprint density at radius 3 is 1.30 bits per heavy atom. The number of esters is 2. The molecule has 1 unspecified atom stereocenters. The minimum atomic E-state index is -0.668. The molecule has 0 amide bonds. The van der Waals surface area contributed by atoms with Gasteiger partial charge in [-0.1, -0.05) is 135 Å². The topological polar surface area (TPSA) is 140 Å². The molecule has 0 aliphatic heterocycles. The van der Waals surface area contributed by atoms with E-state index in [1.165, 1.54) is 116 Å². The Morgan fingerprint density at radius 2 is 0.900 bits per heavy atom. The second kappa shape index (κ2) is 38.7. The number of aliphatic hydroxyl groups is 4. The number of carbonyl (C=O) groups is 2. The fraction of sp³-hybridized carbons (Fsp3) is 0.900. The van der Waals surface area contributed by atoms with Crippen molar-refractivity contribution in [1.82, 2.24) is 9.80 Å². The molecular formula is C40H78N2O8. The summed E-state index contributed by atoms with van der Waals surface area (Å²) in [5.41, 5.74) is 0. The lowest BCUT2D eigenvalue weighted by atomic mass is 10.0. The van der Waals surface area contributed by atoms with E-state index in [-0.39, 0.29) is 46.1 Å². The normalized spacial score (nSPS) is 12.4. The van der Waals surface area contributed by atoms with Crippen molar-refractivity contribution < 1.29 is 39.5 Å². The molecule has 0 aliphatic rings. The van der Waals surface area contributed by atoms with Gasteiger partial charge in [-0.2, -0.15) is 0 Å². The molecule has 0 bridgehead atoms. The van der Waals surface area contributed by atoms with Gasteiger partial charge >= 0.3 is 11.9 Å². The molecule has 0 spiro atoms. The maximum atomic E-state index is 12.9. The molecule has 0 fully saturated rings. The van der Waals surface area contributed by atoms with E-state index in [0.29, 0.717) is 45.7 Å². The van der Waals surface area contributed by atoms with E-state index in [2.05, 4.69) is 13.0 Å². The summed E-state index contributed by atoms with van der Waals surface area (Å²) >= 11 is 0. The molecule has 0 aromatic heterocycles. The third kappa shape index (κ3) is 32.4. The van der Waals surface area contributed by atoms with Gasteiger partial charge in [-0.15, -0.1) is 0 Å². The highest BCUT2D eigenvalue weighted by molar-refractivity contribution is 5.80. The first kappa shape index (κ1) is 48.4. The van der Waals surface area contributed by atoms with Gasteiger partial charge in [-0.05, 0) is 19.3 Å². The SMILES string of the molecule is CCCCCCCCCCCCCCCCCCCCCC=CCC(CC(=O)OCCN(CCO)CCO)C(=O)OCCN(CCO)CCO. The number of ether oxygens (including phenoxy) is 2. The predicted molar refractivity (Wildman–Crippen MR) is 203 cm³/mol. The van der Waals surface area contributed by atoms with Crippen LogP contribution in [0.25, 0.3) is 0 Å². The van der Waals surface area contributed by atoms with Gasteiger partial charge < -0.3 is 29.9 Å². The van der Waals surface area contributed by atoms with Crippen LogP contribution in [-0.4, -0.2) is 121 Å². The molecule has 0 aliphatic carbocycles. The number of rotatable bonds is 39. The van der Waals surface area contributed by atoms with Crippen molar-refractivity contribution in [3.05, 3.63) is 12.2 Å². The number of aliphatic hydroxyl groups excluding tert-OH is 4. The first-order valence-corrected chi connectivity index (χ1v) is 20.4. The molecule has 1 atom stereocenters. The van der Waals surface area contributed by atoms with E-state index in [4.69, 9.17) is 19.7 Å². The maximum Gasteiger partial charge on any atom is 0.309 e. The summed E-state index contributed by atoms with van der Waals surface area (Å²) in [5, 5.41) is 36.7. The molecule has 0 rings (SSSR count). The molecule has 0 aromatic rings. The van der Waals surface area contributed by atoms with Crippen molar-refractivity contribution in [2.45, 2.75) is 148 Å². The second-order valence-electron chi connectivity index (χ2n) is 13.7. The molecule has 4 N–H and O–H groups in total. The molecule has 50 heavy (non-hydrogen) atoms. The first-order chi connectivity index (χ1) is 24.5. The minimum Gasteiger partial charge on any atom is -0.464 e. The Bertz CT molecular complexity index is 758. The Kier molecular flexibility index (Phi) is 37.5. The van der Waals surface area contributed by atoms with Crippen molar-refractivity contribution in [1.29, 1.82) is 0 Å². The lowest BCUT2D eigenvalue weighted by Crippen LogP contribution is -2.34. The average Bonchev–Trinajstić information content (AvgIpc) is 3.10. The average molecular weight is 715 g/mol. The Hall–Kier alpha value is -1.56. The summed E-state index contributed by atoms with van der Waals surface area (Å²) in [6.07, 6.45) is 31.0. The number of unbranched alkanes of at least 4 members (excludes halogenated alkanes) is 19. The molecule has 0 aromatic carbocycles. The number of carbonyl (C=O) groups excluding carboxylic acids is 2. The van der Waals surface area contributed by atoms with E-state index in [1.54, 1.807) is 9.80 Å². The van der Waals surface area contributed by atoms with Crippen LogP contribution in [0.15, 0.2) is 12.2 Å². The number of allylic oxidation sites excluding steroid dienone is 2. The van der Waals surface area contributed by atoms with Crippen molar-refractivity contribution in [3.8, 4) is 0 Å². The highest BCUT2D eigenvalue weighted by Crippen LogP contribution is 2.17. The molecule has 10 nitrogen and oxygen atoms in total. The van der Waals surface area contributed by atoms with Crippen molar-refractivity contribution in [2.24, 2.45) is 5.92 Å². The monoisotopic (exact) mass is 715 g/mol. The maximum absolute atomic E-state index is 12.9. The Balaban J connectivity index is 4.25. The van der Waals surface area contributed by atoms with Gasteiger partial charge in [-0.25, -0.2) is 0 Å². The summed E-state index contributed by atoms with van der Waals surface area (Å²) in [4.78, 5) is 29.1. The summed E-state index contributed by atoms with van der Waals surface area (Å²) in [7, 11) is 0. The highest BCUT2D eigenvalue weighted by Gasteiger charge is 2.23. The molecule has 0 radical (unpaired) electrons. The van der Waals surface area contributed by atoms with E-state index >= 15 is 0 Å². The molecule has 0 saturated heterocycles. The molecule has 10 heteroatoms. The zero-order valence-corrected chi connectivity index (χ0v) is 32.1. The summed E-state index contributed by atoms with van der Waals surface area (Å²) in [6.45, 7) is 4.53. The third-order valence-electron chi connectivity index (χ3n) is 9.30. The summed E-state index contributed by atoms with van der Waals surface area (Å²) in [5.74, 6) is -1.63.